The number of nitro benzene ring substituents is 2. The van der Waals surface area contributed by atoms with Gasteiger partial charge in [-0.15, -0.1) is 0 Å². The highest BCUT2D eigenvalue weighted by Gasteiger charge is 2.18. The Kier molecular flexibility index (Phi) is 5.24. The molecule has 0 atom stereocenters. The van der Waals surface area contributed by atoms with Gasteiger partial charge in [-0.1, -0.05) is 12.6 Å². The lowest BCUT2D eigenvalue weighted by Gasteiger charge is -2.06. The first-order valence-corrected chi connectivity index (χ1v) is 8.14. The Morgan fingerprint density at radius 3 is 2.56 bits per heavy atom. The highest BCUT2D eigenvalue weighted by Crippen LogP contribution is 2.28. The van der Waals surface area contributed by atoms with E-state index in [1.807, 2.05) is 0 Å². The molecule has 0 saturated carbocycles. The van der Waals surface area contributed by atoms with Crippen LogP contribution in [0.2, 0.25) is 12.6 Å². The molecule has 0 spiro atoms. The van der Waals surface area contributed by atoms with Gasteiger partial charge in [-0.2, -0.15) is 0 Å². The van der Waals surface area contributed by atoms with E-state index in [2.05, 4.69) is 11.9 Å². The molecule has 98 valence electrons. The first-order chi connectivity index (χ1) is 8.56. The van der Waals surface area contributed by atoms with Crippen LogP contribution < -0.4 is 5.32 Å². The predicted octanol–water partition coefficient (Wildman–Crippen LogP) is 1.94. The summed E-state index contributed by atoms with van der Waals surface area (Å²) < 4.78 is 0. The minimum Gasteiger partial charge on any atom is -0.379 e. The molecular weight excluding hydrogens is 254 g/mol. The van der Waals surface area contributed by atoms with E-state index in [-0.39, 0.29) is 20.9 Å². The number of non-ortho nitro benzene ring substituents is 1. The molecule has 0 aromatic heterocycles. The third-order valence-electron chi connectivity index (χ3n) is 2.48. The molecule has 7 nitrogen and oxygen atoms in total. The molecule has 8 heteroatoms. The summed E-state index contributed by atoms with van der Waals surface area (Å²) in [7, 11) is 0.00809. The number of nitrogens with one attached hydrogen (secondary N) is 1. The van der Waals surface area contributed by atoms with Crippen LogP contribution in [-0.2, 0) is 0 Å². The maximum Gasteiger partial charge on any atom is 0.299 e. The lowest BCUT2D eigenvalue weighted by atomic mass is 10.2. The van der Waals surface area contributed by atoms with Crippen molar-refractivity contribution >= 4 is 26.6 Å². The van der Waals surface area contributed by atoms with Gasteiger partial charge < -0.3 is 5.32 Å². The summed E-state index contributed by atoms with van der Waals surface area (Å²) >= 11 is 0. The highest BCUT2D eigenvalue weighted by molar-refractivity contribution is 6.33. The van der Waals surface area contributed by atoms with Crippen LogP contribution in [0, 0.1) is 20.2 Å². The maximum absolute atomic E-state index is 10.8. The van der Waals surface area contributed by atoms with E-state index in [1.165, 1.54) is 18.2 Å². The van der Waals surface area contributed by atoms with E-state index in [0.717, 1.165) is 12.5 Å². The zero-order valence-corrected chi connectivity index (χ0v) is 11.5. The molecule has 0 amide bonds. The van der Waals surface area contributed by atoms with E-state index in [1.54, 1.807) is 0 Å². The Hall–Kier alpha value is -1.96. The van der Waals surface area contributed by atoms with Crippen molar-refractivity contribution in [2.75, 3.05) is 11.9 Å². The number of nitrogens with zero attached hydrogens (tertiary/aromatic N) is 2. The number of rotatable bonds is 7. The third kappa shape index (κ3) is 3.81. The lowest BCUT2D eigenvalue weighted by Crippen LogP contribution is -2.05. The molecule has 1 N–H and O–H groups in total. The number of hydrogen-bond donors (Lipinski definition) is 1. The lowest BCUT2D eigenvalue weighted by molar-refractivity contribution is -0.393. The minimum atomic E-state index is -0.639. The molecule has 0 aliphatic heterocycles. The molecule has 1 aromatic rings. The summed E-state index contributed by atoms with van der Waals surface area (Å²) in [4.78, 5) is 20.1. The Balaban J connectivity index is 2.83. The molecule has 0 radical (unpaired) electrons. The van der Waals surface area contributed by atoms with Crippen molar-refractivity contribution in [3.8, 4) is 0 Å². The second kappa shape index (κ2) is 6.69. The van der Waals surface area contributed by atoms with Crippen LogP contribution in [0.3, 0.4) is 0 Å². The fourth-order valence-electron chi connectivity index (χ4n) is 1.53. The van der Waals surface area contributed by atoms with Crippen LogP contribution in [0.4, 0.5) is 17.1 Å². The number of benzene rings is 1. The standard InChI is InChI=1S/C10H15N3O4Si/c1-18-6-2-5-11-9-4-3-8(12(14)15)7-10(9)13(16)17/h3-4,7,11H,2,5-6,18H2,1H3. The van der Waals surface area contributed by atoms with Gasteiger partial charge in [-0.05, 0) is 12.5 Å². The average Bonchev–Trinajstić information content (AvgIpc) is 2.34. The van der Waals surface area contributed by atoms with Gasteiger partial charge in [0.25, 0.3) is 11.4 Å². The van der Waals surface area contributed by atoms with Gasteiger partial charge in [-0.25, -0.2) is 0 Å². The first kappa shape index (κ1) is 14.1. The van der Waals surface area contributed by atoms with Crippen LogP contribution in [0.5, 0.6) is 0 Å². The fraction of sp³-hybridized carbons (Fsp3) is 0.400. The van der Waals surface area contributed by atoms with Gasteiger partial charge in [0.1, 0.15) is 5.69 Å². The predicted molar refractivity (Wildman–Crippen MR) is 72.1 cm³/mol. The zero-order chi connectivity index (χ0) is 13.5. The van der Waals surface area contributed by atoms with Crippen LogP contribution >= 0.6 is 0 Å². The second-order valence-electron chi connectivity index (χ2n) is 3.85. The number of anilines is 1. The van der Waals surface area contributed by atoms with Crippen molar-refractivity contribution in [3.63, 3.8) is 0 Å². The van der Waals surface area contributed by atoms with Crippen molar-refractivity contribution in [1.29, 1.82) is 0 Å². The molecule has 0 aliphatic carbocycles. The van der Waals surface area contributed by atoms with Gasteiger partial charge in [0, 0.05) is 22.1 Å². The maximum atomic E-state index is 10.8. The van der Waals surface area contributed by atoms with Gasteiger partial charge in [0.15, 0.2) is 0 Å². The van der Waals surface area contributed by atoms with Crippen LogP contribution in [0.15, 0.2) is 18.2 Å². The third-order valence-corrected chi connectivity index (χ3v) is 3.69. The first-order valence-electron chi connectivity index (χ1n) is 5.73. The number of hydrogen-bond acceptors (Lipinski definition) is 5. The molecule has 0 bridgehead atoms. The molecule has 0 saturated heterocycles. The minimum absolute atomic E-state index is 0.00809. The molecule has 0 fully saturated rings. The van der Waals surface area contributed by atoms with Crippen LogP contribution in [0.25, 0.3) is 0 Å². The Morgan fingerprint density at radius 1 is 1.28 bits per heavy atom. The van der Waals surface area contributed by atoms with Gasteiger partial charge >= 0.3 is 0 Å². The molecule has 18 heavy (non-hydrogen) atoms. The Morgan fingerprint density at radius 2 is 2.00 bits per heavy atom. The Bertz CT molecular complexity index is 453. The SMILES string of the molecule is C[SiH2]CCCNc1ccc([N+](=O)[O-])cc1[N+](=O)[O-]. The summed E-state index contributed by atoms with van der Waals surface area (Å²) in [6.07, 6.45) is 0.969. The van der Waals surface area contributed by atoms with Crippen LogP contribution in [-0.4, -0.2) is 25.9 Å². The monoisotopic (exact) mass is 269 g/mol. The highest BCUT2D eigenvalue weighted by atomic mass is 28.2. The molecule has 1 rings (SSSR count). The largest absolute Gasteiger partial charge is 0.379 e. The van der Waals surface area contributed by atoms with Crippen molar-refractivity contribution in [2.45, 2.75) is 19.0 Å². The summed E-state index contributed by atoms with van der Waals surface area (Å²) in [6, 6.07) is 4.81. The number of nitro groups is 2. The van der Waals surface area contributed by atoms with Crippen molar-refractivity contribution in [1.82, 2.24) is 0 Å². The smallest absolute Gasteiger partial charge is 0.299 e. The summed E-state index contributed by atoms with van der Waals surface area (Å²) in [6.45, 7) is 2.85. The molecule has 0 aliphatic rings. The van der Waals surface area contributed by atoms with E-state index in [4.69, 9.17) is 0 Å². The molecule has 0 heterocycles. The van der Waals surface area contributed by atoms with E-state index in [9.17, 15) is 20.2 Å². The zero-order valence-electron chi connectivity index (χ0n) is 10.1. The summed E-state index contributed by atoms with van der Waals surface area (Å²) in [5.41, 5.74) is -0.186. The average molecular weight is 269 g/mol. The Labute approximate surface area is 106 Å². The van der Waals surface area contributed by atoms with Crippen molar-refractivity contribution in [2.24, 2.45) is 0 Å². The van der Waals surface area contributed by atoms with Gasteiger partial charge in [0.05, 0.1) is 15.9 Å². The fourth-order valence-corrected chi connectivity index (χ4v) is 2.28. The van der Waals surface area contributed by atoms with E-state index in [0.29, 0.717) is 12.2 Å². The second-order valence-corrected chi connectivity index (χ2v) is 5.56. The van der Waals surface area contributed by atoms with Gasteiger partial charge in [0.2, 0.25) is 0 Å². The van der Waals surface area contributed by atoms with E-state index < -0.39 is 9.85 Å². The quantitative estimate of drug-likeness (QED) is 0.353. The van der Waals surface area contributed by atoms with Crippen molar-refractivity contribution in [3.05, 3.63) is 38.4 Å². The molecule has 0 unspecified atom stereocenters. The van der Waals surface area contributed by atoms with Crippen LogP contribution in [0.1, 0.15) is 6.42 Å². The van der Waals surface area contributed by atoms with Gasteiger partial charge in [-0.3, -0.25) is 20.2 Å². The van der Waals surface area contributed by atoms with E-state index >= 15 is 0 Å². The summed E-state index contributed by atoms with van der Waals surface area (Å²) in [5.74, 6) is 0. The summed E-state index contributed by atoms with van der Waals surface area (Å²) in [5, 5.41) is 24.3. The molecular formula is C10H15N3O4Si. The molecule has 1 aromatic carbocycles. The normalized spacial score (nSPS) is 10.7. The van der Waals surface area contributed by atoms with Crippen molar-refractivity contribution < 1.29 is 9.85 Å². The topological polar surface area (TPSA) is 98.3 Å².